The van der Waals surface area contributed by atoms with Crippen molar-refractivity contribution in [3.63, 3.8) is 0 Å². The van der Waals surface area contributed by atoms with Crippen LogP contribution in [0, 0.1) is 18.6 Å². The second-order valence-corrected chi connectivity index (χ2v) is 5.23. The van der Waals surface area contributed by atoms with Crippen molar-refractivity contribution in [1.82, 2.24) is 14.8 Å². The number of anilines is 1. The lowest BCUT2D eigenvalue weighted by Crippen LogP contribution is -2.12. The Balaban J connectivity index is 1.87. The third-order valence-corrected chi connectivity index (χ3v) is 3.52. The highest BCUT2D eigenvalue weighted by Gasteiger charge is 2.15. The first-order valence-corrected chi connectivity index (χ1v) is 7.19. The Labute approximate surface area is 135 Å². The fourth-order valence-electron chi connectivity index (χ4n) is 2.37. The molecule has 3 rings (SSSR count). The standard InChI is InChI=1S/C16H14F2N4O2/c1-9-12(8-22(21-9)4-5-23)16(24)20-11-6-10-2-3-13(17)14(18)15(10)19-7-11/h2-3,6-8,23H,4-5H2,1H3,(H,20,24). The zero-order valence-electron chi connectivity index (χ0n) is 12.8. The van der Waals surface area contributed by atoms with Crippen LogP contribution in [-0.4, -0.2) is 32.4 Å². The first-order valence-electron chi connectivity index (χ1n) is 7.19. The molecule has 124 valence electrons. The van der Waals surface area contributed by atoms with Crippen molar-refractivity contribution >= 4 is 22.5 Å². The van der Waals surface area contributed by atoms with Gasteiger partial charge in [0, 0.05) is 11.6 Å². The summed E-state index contributed by atoms with van der Waals surface area (Å²) in [5.74, 6) is -2.40. The number of aromatic nitrogens is 3. The lowest BCUT2D eigenvalue weighted by molar-refractivity contribution is 0.102. The molecule has 0 saturated heterocycles. The first kappa shape index (κ1) is 16.0. The van der Waals surface area contributed by atoms with Gasteiger partial charge in [0.15, 0.2) is 11.6 Å². The van der Waals surface area contributed by atoms with Crippen molar-refractivity contribution < 1.29 is 18.7 Å². The maximum atomic E-state index is 13.6. The van der Waals surface area contributed by atoms with Gasteiger partial charge >= 0.3 is 0 Å². The van der Waals surface area contributed by atoms with E-state index >= 15 is 0 Å². The van der Waals surface area contributed by atoms with Crippen LogP contribution in [0.25, 0.3) is 10.9 Å². The van der Waals surface area contributed by atoms with Gasteiger partial charge in [-0.25, -0.2) is 8.78 Å². The number of aliphatic hydroxyl groups is 1. The summed E-state index contributed by atoms with van der Waals surface area (Å²) in [7, 11) is 0. The van der Waals surface area contributed by atoms with E-state index in [4.69, 9.17) is 5.11 Å². The van der Waals surface area contributed by atoms with Gasteiger partial charge < -0.3 is 10.4 Å². The predicted molar refractivity (Wildman–Crippen MR) is 83.7 cm³/mol. The van der Waals surface area contributed by atoms with Crippen LogP contribution in [0.1, 0.15) is 16.1 Å². The van der Waals surface area contributed by atoms with E-state index in [0.29, 0.717) is 22.3 Å². The topological polar surface area (TPSA) is 80.0 Å². The Hall–Kier alpha value is -2.87. The molecule has 0 saturated carbocycles. The van der Waals surface area contributed by atoms with Crippen LogP contribution < -0.4 is 5.32 Å². The molecule has 0 aliphatic rings. The van der Waals surface area contributed by atoms with Gasteiger partial charge in [-0.05, 0) is 25.1 Å². The number of hydrogen-bond donors (Lipinski definition) is 2. The number of benzene rings is 1. The van der Waals surface area contributed by atoms with E-state index < -0.39 is 17.5 Å². The smallest absolute Gasteiger partial charge is 0.259 e. The third kappa shape index (κ3) is 2.95. The lowest BCUT2D eigenvalue weighted by Gasteiger charge is -2.06. The van der Waals surface area contributed by atoms with Gasteiger partial charge in [0.2, 0.25) is 0 Å². The van der Waals surface area contributed by atoms with Gasteiger partial charge in [-0.2, -0.15) is 5.10 Å². The molecule has 1 amide bonds. The zero-order valence-corrected chi connectivity index (χ0v) is 12.8. The summed E-state index contributed by atoms with van der Waals surface area (Å²) in [6, 6.07) is 3.91. The third-order valence-electron chi connectivity index (χ3n) is 3.52. The summed E-state index contributed by atoms with van der Waals surface area (Å²) in [5, 5.41) is 16.1. The monoisotopic (exact) mass is 332 g/mol. The normalized spacial score (nSPS) is 11.0. The fraction of sp³-hybridized carbons (Fsp3) is 0.188. The quantitative estimate of drug-likeness (QED) is 0.768. The molecule has 3 aromatic rings. The summed E-state index contributed by atoms with van der Waals surface area (Å²) in [5.41, 5.74) is 1.13. The first-order chi connectivity index (χ1) is 11.5. The van der Waals surface area contributed by atoms with Crippen LogP contribution >= 0.6 is 0 Å². The van der Waals surface area contributed by atoms with E-state index in [0.717, 1.165) is 6.07 Å². The van der Waals surface area contributed by atoms with Crippen LogP contribution in [0.5, 0.6) is 0 Å². The zero-order chi connectivity index (χ0) is 17.3. The van der Waals surface area contributed by atoms with E-state index in [1.807, 2.05) is 0 Å². The highest BCUT2D eigenvalue weighted by atomic mass is 19.2. The Morgan fingerprint density at radius 2 is 2.17 bits per heavy atom. The summed E-state index contributed by atoms with van der Waals surface area (Å²) in [4.78, 5) is 16.2. The van der Waals surface area contributed by atoms with Crippen molar-refractivity contribution in [3.8, 4) is 0 Å². The second kappa shape index (κ2) is 6.32. The Morgan fingerprint density at radius 1 is 1.38 bits per heavy atom. The van der Waals surface area contributed by atoms with Crippen LogP contribution in [0.3, 0.4) is 0 Å². The number of nitrogens with zero attached hydrogens (tertiary/aromatic N) is 3. The van der Waals surface area contributed by atoms with Gasteiger partial charge in [-0.1, -0.05) is 0 Å². The highest BCUT2D eigenvalue weighted by molar-refractivity contribution is 6.05. The molecule has 0 fully saturated rings. The highest BCUT2D eigenvalue weighted by Crippen LogP contribution is 2.21. The molecular formula is C16H14F2N4O2. The number of rotatable bonds is 4. The molecule has 2 N–H and O–H groups in total. The van der Waals surface area contributed by atoms with E-state index in [-0.39, 0.29) is 18.7 Å². The van der Waals surface area contributed by atoms with Crippen LogP contribution in [0.15, 0.2) is 30.6 Å². The van der Waals surface area contributed by atoms with Gasteiger partial charge in [-0.3, -0.25) is 14.5 Å². The summed E-state index contributed by atoms with van der Waals surface area (Å²) in [6.45, 7) is 1.88. The number of aryl methyl sites for hydroxylation is 1. The number of nitrogens with one attached hydrogen (secondary N) is 1. The number of carbonyl (C=O) groups is 1. The summed E-state index contributed by atoms with van der Waals surface area (Å²) >= 11 is 0. The van der Waals surface area contributed by atoms with Crippen LogP contribution in [0.4, 0.5) is 14.5 Å². The number of halogens is 2. The van der Waals surface area contributed by atoms with E-state index in [1.54, 1.807) is 6.92 Å². The van der Waals surface area contributed by atoms with Crippen molar-refractivity contribution in [3.05, 3.63) is 53.5 Å². The molecule has 2 aromatic heterocycles. The number of fused-ring (bicyclic) bond motifs is 1. The molecule has 0 bridgehead atoms. The van der Waals surface area contributed by atoms with Crippen molar-refractivity contribution in [2.24, 2.45) is 0 Å². The Kier molecular flexibility index (Phi) is 4.22. The number of pyridine rings is 1. The van der Waals surface area contributed by atoms with Gasteiger partial charge in [0.25, 0.3) is 5.91 Å². The van der Waals surface area contributed by atoms with E-state index in [9.17, 15) is 13.6 Å². The molecule has 0 atom stereocenters. The SMILES string of the molecule is Cc1nn(CCO)cc1C(=O)Nc1cnc2c(F)c(F)ccc2c1. The van der Waals surface area contributed by atoms with E-state index in [2.05, 4.69) is 15.4 Å². The minimum atomic E-state index is -1.02. The van der Waals surface area contributed by atoms with Gasteiger partial charge in [0.05, 0.1) is 36.3 Å². The van der Waals surface area contributed by atoms with Gasteiger partial charge in [-0.15, -0.1) is 0 Å². The molecule has 1 aromatic carbocycles. The average molecular weight is 332 g/mol. The van der Waals surface area contributed by atoms with Crippen molar-refractivity contribution in [2.45, 2.75) is 13.5 Å². The van der Waals surface area contributed by atoms with Crippen molar-refractivity contribution in [2.75, 3.05) is 11.9 Å². The van der Waals surface area contributed by atoms with Gasteiger partial charge in [0.1, 0.15) is 5.52 Å². The fourth-order valence-corrected chi connectivity index (χ4v) is 2.37. The molecular weight excluding hydrogens is 318 g/mol. The minimum Gasteiger partial charge on any atom is -0.394 e. The molecule has 8 heteroatoms. The Morgan fingerprint density at radius 3 is 2.92 bits per heavy atom. The van der Waals surface area contributed by atoms with Crippen LogP contribution in [-0.2, 0) is 6.54 Å². The molecule has 2 heterocycles. The summed E-state index contributed by atoms with van der Waals surface area (Å²) in [6.07, 6.45) is 2.79. The Bertz CT molecular complexity index is 924. The van der Waals surface area contributed by atoms with Crippen molar-refractivity contribution in [1.29, 1.82) is 0 Å². The number of hydrogen-bond acceptors (Lipinski definition) is 4. The molecule has 0 radical (unpaired) electrons. The predicted octanol–water partition coefficient (Wildman–Crippen LogP) is 2.26. The average Bonchev–Trinajstić information content (AvgIpc) is 2.92. The van der Waals surface area contributed by atoms with E-state index in [1.165, 1.54) is 29.2 Å². The second-order valence-electron chi connectivity index (χ2n) is 5.23. The number of carbonyl (C=O) groups excluding carboxylic acids is 1. The molecule has 0 aliphatic carbocycles. The summed E-state index contributed by atoms with van der Waals surface area (Å²) < 4.78 is 28.3. The maximum Gasteiger partial charge on any atom is 0.259 e. The number of aliphatic hydroxyl groups excluding tert-OH is 1. The molecule has 6 nitrogen and oxygen atoms in total. The maximum absolute atomic E-state index is 13.6. The van der Waals surface area contributed by atoms with Crippen LogP contribution in [0.2, 0.25) is 0 Å². The minimum absolute atomic E-state index is 0.0844. The largest absolute Gasteiger partial charge is 0.394 e. The lowest BCUT2D eigenvalue weighted by atomic mass is 10.2. The molecule has 0 unspecified atom stereocenters. The molecule has 0 spiro atoms. The number of amides is 1. The molecule has 0 aliphatic heterocycles. The molecule has 24 heavy (non-hydrogen) atoms.